The molecule has 1 saturated carbocycles. The summed E-state index contributed by atoms with van der Waals surface area (Å²) in [6, 6.07) is 11.1. The quantitative estimate of drug-likeness (QED) is 0.887. The van der Waals surface area contributed by atoms with Crippen LogP contribution in [0.4, 0.5) is 0 Å². The van der Waals surface area contributed by atoms with Gasteiger partial charge in [0.2, 0.25) is 5.91 Å². The summed E-state index contributed by atoms with van der Waals surface area (Å²) >= 11 is 1.79. The molecule has 0 saturated heterocycles. The first kappa shape index (κ1) is 13.6. The van der Waals surface area contributed by atoms with Gasteiger partial charge in [-0.05, 0) is 44.2 Å². The van der Waals surface area contributed by atoms with Crippen molar-refractivity contribution in [3.8, 4) is 0 Å². The minimum absolute atomic E-state index is 0.112. The minimum Gasteiger partial charge on any atom is -0.352 e. The number of carbonyl (C=O) groups is 1. The molecule has 0 radical (unpaired) electrons. The lowest BCUT2D eigenvalue weighted by Gasteiger charge is -2.18. The Hall–Kier alpha value is -1.39. The van der Waals surface area contributed by atoms with Gasteiger partial charge in [-0.3, -0.25) is 10.1 Å². The minimum atomic E-state index is -0.157. The molecular weight excluding hydrogens is 268 g/mol. The molecule has 1 fully saturated rings. The number of carbonyl (C=O) groups excluding carboxylic acids is 1. The maximum atomic E-state index is 12.0. The van der Waals surface area contributed by atoms with Gasteiger partial charge in [0, 0.05) is 21.7 Å². The standard InChI is InChI=1S/C16H20N2OS/c1-10(17-11(2)16(19)18-13-7-8-13)15-9-12-5-3-4-6-14(12)20-15/h3-6,9-11,13,17H,7-8H2,1-2H3,(H,18,19). The first-order valence-electron chi connectivity index (χ1n) is 7.18. The maximum absolute atomic E-state index is 12.0. The second-order valence-corrected chi connectivity index (χ2v) is 6.69. The van der Waals surface area contributed by atoms with Crippen LogP contribution in [0, 0.1) is 0 Å². The Bertz CT molecular complexity index is 585. The van der Waals surface area contributed by atoms with Gasteiger partial charge in [-0.1, -0.05) is 18.2 Å². The molecule has 3 nitrogen and oxygen atoms in total. The Labute approximate surface area is 123 Å². The van der Waals surface area contributed by atoms with Crippen LogP contribution < -0.4 is 10.6 Å². The van der Waals surface area contributed by atoms with E-state index in [1.54, 1.807) is 11.3 Å². The van der Waals surface area contributed by atoms with Crippen molar-refractivity contribution in [3.63, 3.8) is 0 Å². The van der Waals surface area contributed by atoms with Crippen LogP contribution in [-0.2, 0) is 4.79 Å². The van der Waals surface area contributed by atoms with Crippen LogP contribution in [0.15, 0.2) is 30.3 Å². The Morgan fingerprint density at radius 2 is 2.05 bits per heavy atom. The van der Waals surface area contributed by atoms with E-state index in [0.717, 1.165) is 12.8 Å². The van der Waals surface area contributed by atoms with Crippen molar-refractivity contribution in [3.05, 3.63) is 35.2 Å². The molecule has 2 N–H and O–H groups in total. The fourth-order valence-electron chi connectivity index (χ4n) is 2.30. The SMILES string of the molecule is CC(NC(C)c1cc2ccccc2s1)C(=O)NC1CC1. The third-order valence-corrected chi connectivity index (χ3v) is 4.99. The van der Waals surface area contributed by atoms with Crippen molar-refractivity contribution in [2.75, 3.05) is 0 Å². The van der Waals surface area contributed by atoms with Gasteiger partial charge < -0.3 is 5.32 Å². The molecule has 20 heavy (non-hydrogen) atoms. The highest BCUT2D eigenvalue weighted by molar-refractivity contribution is 7.19. The zero-order valence-electron chi connectivity index (χ0n) is 11.8. The van der Waals surface area contributed by atoms with Gasteiger partial charge in [-0.25, -0.2) is 0 Å². The van der Waals surface area contributed by atoms with Crippen molar-refractivity contribution in [1.29, 1.82) is 0 Å². The lowest BCUT2D eigenvalue weighted by molar-refractivity contribution is -0.123. The van der Waals surface area contributed by atoms with Gasteiger partial charge in [0.25, 0.3) is 0 Å². The summed E-state index contributed by atoms with van der Waals surface area (Å²) in [7, 11) is 0. The van der Waals surface area contributed by atoms with Crippen LogP contribution in [0.3, 0.4) is 0 Å². The molecule has 1 heterocycles. The van der Waals surface area contributed by atoms with E-state index in [1.165, 1.54) is 15.0 Å². The van der Waals surface area contributed by atoms with E-state index in [1.807, 2.05) is 6.92 Å². The predicted octanol–water partition coefficient (Wildman–Crippen LogP) is 3.22. The number of hydrogen-bond donors (Lipinski definition) is 2. The Morgan fingerprint density at radius 1 is 1.30 bits per heavy atom. The third kappa shape index (κ3) is 3.02. The van der Waals surface area contributed by atoms with E-state index in [-0.39, 0.29) is 18.0 Å². The molecule has 3 rings (SSSR count). The molecule has 106 valence electrons. The number of fused-ring (bicyclic) bond motifs is 1. The molecule has 0 aliphatic heterocycles. The van der Waals surface area contributed by atoms with Crippen LogP contribution in [0.1, 0.15) is 37.6 Å². The maximum Gasteiger partial charge on any atom is 0.237 e. The molecule has 0 bridgehead atoms. The highest BCUT2D eigenvalue weighted by atomic mass is 32.1. The van der Waals surface area contributed by atoms with Gasteiger partial charge in [0.05, 0.1) is 6.04 Å². The molecule has 0 spiro atoms. The number of benzene rings is 1. The fourth-order valence-corrected chi connectivity index (χ4v) is 3.38. The van der Waals surface area contributed by atoms with Crippen molar-refractivity contribution in [2.24, 2.45) is 0 Å². The largest absolute Gasteiger partial charge is 0.352 e. The van der Waals surface area contributed by atoms with Crippen LogP contribution in [-0.4, -0.2) is 18.0 Å². The van der Waals surface area contributed by atoms with Gasteiger partial charge in [-0.2, -0.15) is 0 Å². The van der Waals surface area contributed by atoms with E-state index >= 15 is 0 Å². The van der Waals surface area contributed by atoms with Crippen LogP contribution in [0.25, 0.3) is 10.1 Å². The van der Waals surface area contributed by atoms with Crippen LogP contribution in [0.2, 0.25) is 0 Å². The van der Waals surface area contributed by atoms with E-state index in [4.69, 9.17) is 0 Å². The number of hydrogen-bond acceptors (Lipinski definition) is 3. The number of thiophene rings is 1. The molecule has 1 aliphatic carbocycles. The molecule has 4 heteroatoms. The monoisotopic (exact) mass is 288 g/mol. The summed E-state index contributed by atoms with van der Waals surface area (Å²) in [5.41, 5.74) is 0. The van der Waals surface area contributed by atoms with Crippen molar-refractivity contribution >= 4 is 27.3 Å². The zero-order chi connectivity index (χ0) is 14.1. The van der Waals surface area contributed by atoms with E-state index in [2.05, 4.69) is 47.9 Å². The highest BCUT2D eigenvalue weighted by Crippen LogP contribution is 2.29. The summed E-state index contributed by atoms with van der Waals surface area (Å²) in [6.45, 7) is 4.05. The fraction of sp³-hybridized carbons (Fsp3) is 0.438. The van der Waals surface area contributed by atoms with Gasteiger partial charge >= 0.3 is 0 Å². The zero-order valence-corrected chi connectivity index (χ0v) is 12.7. The molecule has 2 aromatic rings. The molecule has 1 aromatic heterocycles. The van der Waals surface area contributed by atoms with Crippen LogP contribution in [0.5, 0.6) is 0 Å². The summed E-state index contributed by atoms with van der Waals surface area (Å²) in [4.78, 5) is 13.2. The normalized spacial score (nSPS) is 17.9. The topological polar surface area (TPSA) is 41.1 Å². The molecule has 1 aliphatic rings. The van der Waals surface area contributed by atoms with Crippen molar-refractivity contribution in [1.82, 2.24) is 10.6 Å². The summed E-state index contributed by atoms with van der Waals surface area (Å²) in [5.74, 6) is 0.112. The van der Waals surface area contributed by atoms with Crippen molar-refractivity contribution in [2.45, 2.75) is 44.8 Å². The molecule has 1 aromatic carbocycles. The first-order chi connectivity index (χ1) is 9.63. The van der Waals surface area contributed by atoms with E-state index < -0.39 is 0 Å². The van der Waals surface area contributed by atoms with Gasteiger partial charge in [-0.15, -0.1) is 11.3 Å². The van der Waals surface area contributed by atoms with Gasteiger partial charge in [0.1, 0.15) is 0 Å². The predicted molar refractivity (Wildman–Crippen MR) is 84.0 cm³/mol. The lowest BCUT2D eigenvalue weighted by Crippen LogP contribution is -2.43. The summed E-state index contributed by atoms with van der Waals surface area (Å²) in [6.07, 6.45) is 2.26. The number of nitrogens with one attached hydrogen (secondary N) is 2. The van der Waals surface area contributed by atoms with Crippen molar-refractivity contribution < 1.29 is 4.79 Å². The summed E-state index contributed by atoms with van der Waals surface area (Å²) in [5, 5.41) is 7.70. The molecule has 2 unspecified atom stereocenters. The number of rotatable bonds is 5. The Balaban J connectivity index is 1.65. The average molecular weight is 288 g/mol. The number of amides is 1. The van der Waals surface area contributed by atoms with E-state index in [0.29, 0.717) is 6.04 Å². The molecule has 1 amide bonds. The smallest absolute Gasteiger partial charge is 0.237 e. The highest BCUT2D eigenvalue weighted by Gasteiger charge is 2.26. The third-order valence-electron chi connectivity index (χ3n) is 3.69. The molecule has 2 atom stereocenters. The Morgan fingerprint density at radius 3 is 2.75 bits per heavy atom. The summed E-state index contributed by atoms with van der Waals surface area (Å²) < 4.78 is 1.30. The first-order valence-corrected chi connectivity index (χ1v) is 8.00. The van der Waals surface area contributed by atoms with Crippen LogP contribution >= 0.6 is 11.3 Å². The second kappa shape index (κ2) is 5.54. The second-order valence-electron chi connectivity index (χ2n) is 5.58. The lowest BCUT2D eigenvalue weighted by atomic mass is 10.2. The average Bonchev–Trinajstić information content (AvgIpc) is 3.13. The van der Waals surface area contributed by atoms with E-state index in [9.17, 15) is 4.79 Å². The Kier molecular flexibility index (Phi) is 3.76. The van der Waals surface area contributed by atoms with Gasteiger partial charge in [0.15, 0.2) is 0 Å². The molecular formula is C16H20N2OS.